The SMILES string of the molecule is CCCCOC(=O)Cn1cc(N)c(C(=O)OC)n1. The Morgan fingerprint density at radius 2 is 2.22 bits per heavy atom. The average molecular weight is 255 g/mol. The fraction of sp³-hybridized carbons (Fsp3) is 0.545. The Balaban J connectivity index is 2.57. The summed E-state index contributed by atoms with van der Waals surface area (Å²) in [5.41, 5.74) is 5.75. The van der Waals surface area contributed by atoms with Crippen molar-refractivity contribution in [1.82, 2.24) is 9.78 Å². The van der Waals surface area contributed by atoms with Crippen LogP contribution in [0.2, 0.25) is 0 Å². The molecule has 0 aromatic carbocycles. The van der Waals surface area contributed by atoms with E-state index in [1.807, 2.05) is 6.92 Å². The van der Waals surface area contributed by atoms with Crippen molar-refractivity contribution in [3.63, 3.8) is 0 Å². The molecule has 0 spiro atoms. The lowest BCUT2D eigenvalue weighted by Crippen LogP contribution is -2.15. The van der Waals surface area contributed by atoms with Crippen LogP contribution >= 0.6 is 0 Å². The summed E-state index contributed by atoms with van der Waals surface area (Å²) in [5.74, 6) is -1.05. The molecule has 0 aliphatic heterocycles. The first kappa shape index (κ1) is 14.0. The van der Waals surface area contributed by atoms with Gasteiger partial charge in [-0.2, -0.15) is 5.10 Å². The summed E-state index contributed by atoms with van der Waals surface area (Å²) >= 11 is 0. The lowest BCUT2D eigenvalue weighted by atomic mass is 10.4. The van der Waals surface area contributed by atoms with Gasteiger partial charge in [-0.1, -0.05) is 13.3 Å². The third-order valence-corrected chi connectivity index (χ3v) is 2.22. The lowest BCUT2D eigenvalue weighted by molar-refractivity contribution is -0.144. The molecule has 7 heteroatoms. The summed E-state index contributed by atoms with van der Waals surface area (Å²) in [6.07, 6.45) is 3.17. The van der Waals surface area contributed by atoms with Crippen molar-refractivity contribution < 1.29 is 19.1 Å². The van der Waals surface area contributed by atoms with E-state index in [0.29, 0.717) is 6.61 Å². The molecular weight excluding hydrogens is 238 g/mol. The van der Waals surface area contributed by atoms with Crippen LogP contribution in [0.25, 0.3) is 0 Å². The number of rotatable bonds is 6. The maximum Gasteiger partial charge on any atom is 0.360 e. The number of esters is 2. The summed E-state index contributed by atoms with van der Waals surface area (Å²) < 4.78 is 10.7. The number of ether oxygens (including phenoxy) is 2. The molecule has 0 aliphatic rings. The summed E-state index contributed by atoms with van der Waals surface area (Å²) in [6.45, 7) is 2.31. The highest BCUT2D eigenvalue weighted by Crippen LogP contribution is 2.10. The van der Waals surface area contributed by atoms with Crippen molar-refractivity contribution in [3.05, 3.63) is 11.9 Å². The van der Waals surface area contributed by atoms with Gasteiger partial charge >= 0.3 is 11.9 Å². The maximum absolute atomic E-state index is 11.4. The average Bonchev–Trinajstić information content (AvgIpc) is 2.69. The number of nitrogen functional groups attached to an aromatic ring is 1. The Morgan fingerprint density at radius 1 is 1.50 bits per heavy atom. The normalized spacial score (nSPS) is 10.1. The first-order chi connectivity index (χ1) is 8.58. The van der Waals surface area contributed by atoms with E-state index in [4.69, 9.17) is 10.5 Å². The van der Waals surface area contributed by atoms with Gasteiger partial charge in [0.2, 0.25) is 0 Å². The van der Waals surface area contributed by atoms with Crippen molar-refractivity contribution >= 4 is 17.6 Å². The highest BCUT2D eigenvalue weighted by atomic mass is 16.5. The molecular formula is C11H17N3O4. The zero-order valence-corrected chi connectivity index (χ0v) is 10.5. The number of anilines is 1. The number of hydrogen-bond acceptors (Lipinski definition) is 6. The fourth-order valence-electron chi connectivity index (χ4n) is 1.28. The Bertz CT molecular complexity index is 428. The molecule has 0 unspecified atom stereocenters. The van der Waals surface area contributed by atoms with Gasteiger partial charge in [-0.25, -0.2) is 4.79 Å². The molecule has 0 aliphatic carbocycles. The number of nitrogens with zero attached hydrogens (tertiary/aromatic N) is 2. The molecule has 0 bridgehead atoms. The van der Waals surface area contributed by atoms with Crippen molar-refractivity contribution in [2.24, 2.45) is 0 Å². The van der Waals surface area contributed by atoms with Crippen LogP contribution in [0.1, 0.15) is 30.3 Å². The monoisotopic (exact) mass is 255 g/mol. The van der Waals surface area contributed by atoms with Gasteiger partial charge in [-0.3, -0.25) is 9.48 Å². The largest absolute Gasteiger partial charge is 0.464 e. The van der Waals surface area contributed by atoms with Crippen LogP contribution in [0.5, 0.6) is 0 Å². The molecule has 0 fully saturated rings. The topological polar surface area (TPSA) is 96.4 Å². The number of methoxy groups -OCH3 is 1. The minimum absolute atomic E-state index is 0.00106. The molecule has 18 heavy (non-hydrogen) atoms. The Labute approximate surface area is 105 Å². The van der Waals surface area contributed by atoms with Crippen LogP contribution in [0.4, 0.5) is 5.69 Å². The van der Waals surface area contributed by atoms with Gasteiger partial charge in [0.1, 0.15) is 6.54 Å². The van der Waals surface area contributed by atoms with Gasteiger partial charge in [0.05, 0.1) is 19.4 Å². The number of carbonyl (C=O) groups is 2. The fourth-order valence-corrected chi connectivity index (χ4v) is 1.28. The molecule has 0 atom stereocenters. The van der Waals surface area contributed by atoms with Crippen LogP contribution in [-0.2, 0) is 20.8 Å². The van der Waals surface area contributed by atoms with E-state index >= 15 is 0 Å². The highest BCUT2D eigenvalue weighted by Gasteiger charge is 2.16. The number of aromatic nitrogens is 2. The third kappa shape index (κ3) is 3.76. The maximum atomic E-state index is 11.4. The number of hydrogen-bond donors (Lipinski definition) is 1. The van der Waals surface area contributed by atoms with Crippen molar-refractivity contribution in [2.45, 2.75) is 26.3 Å². The number of carbonyl (C=O) groups excluding carboxylic acids is 2. The molecule has 0 saturated heterocycles. The van der Waals surface area contributed by atoms with E-state index in [0.717, 1.165) is 12.8 Å². The van der Waals surface area contributed by atoms with Crippen LogP contribution in [-0.4, -0.2) is 35.4 Å². The quantitative estimate of drug-likeness (QED) is 0.590. The van der Waals surface area contributed by atoms with Gasteiger partial charge in [-0.15, -0.1) is 0 Å². The van der Waals surface area contributed by atoms with Gasteiger partial charge < -0.3 is 15.2 Å². The Hall–Kier alpha value is -2.05. The van der Waals surface area contributed by atoms with E-state index in [-0.39, 0.29) is 17.9 Å². The highest BCUT2D eigenvalue weighted by molar-refractivity contribution is 5.92. The van der Waals surface area contributed by atoms with E-state index < -0.39 is 11.9 Å². The molecule has 1 aromatic rings. The van der Waals surface area contributed by atoms with E-state index in [2.05, 4.69) is 9.84 Å². The smallest absolute Gasteiger partial charge is 0.360 e. The van der Waals surface area contributed by atoms with Gasteiger partial charge in [0.25, 0.3) is 0 Å². The predicted molar refractivity (Wildman–Crippen MR) is 63.8 cm³/mol. The minimum atomic E-state index is -0.634. The van der Waals surface area contributed by atoms with E-state index in [1.165, 1.54) is 18.0 Å². The lowest BCUT2D eigenvalue weighted by Gasteiger charge is -2.03. The first-order valence-electron chi connectivity index (χ1n) is 5.65. The molecule has 100 valence electrons. The summed E-state index contributed by atoms with van der Waals surface area (Å²) in [4.78, 5) is 22.7. The summed E-state index contributed by atoms with van der Waals surface area (Å²) in [6, 6.07) is 0. The van der Waals surface area contributed by atoms with Gasteiger partial charge in [0.15, 0.2) is 5.69 Å². The number of nitrogens with two attached hydrogens (primary N) is 1. The Morgan fingerprint density at radius 3 is 2.83 bits per heavy atom. The van der Waals surface area contributed by atoms with E-state index in [9.17, 15) is 9.59 Å². The van der Waals surface area contributed by atoms with Crippen molar-refractivity contribution in [2.75, 3.05) is 19.5 Å². The molecule has 1 rings (SSSR count). The zero-order valence-electron chi connectivity index (χ0n) is 10.5. The molecule has 2 N–H and O–H groups in total. The van der Waals surface area contributed by atoms with Crippen LogP contribution in [0, 0.1) is 0 Å². The van der Waals surface area contributed by atoms with Crippen LogP contribution < -0.4 is 5.73 Å². The number of unbranched alkanes of at least 4 members (excludes halogenated alkanes) is 1. The van der Waals surface area contributed by atoms with Gasteiger partial charge in [-0.05, 0) is 6.42 Å². The third-order valence-electron chi connectivity index (χ3n) is 2.22. The molecule has 1 aromatic heterocycles. The van der Waals surface area contributed by atoms with Crippen molar-refractivity contribution in [3.8, 4) is 0 Å². The first-order valence-corrected chi connectivity index (χ1v) is 5.65. The van der Waals surface area contributed by atoms with Crippen LogP contribution in [0.3, 0.4) is 0 Å². The second-order valence-corrected chi connectivity index (χ2v) is 3.70. The minimum Gasteiger partial charge on any atom is -0.464 e. The Kier molecular flexibility index (Phi) is 5.16. The van der Waals surface area contributed by atoms with E-state index in [1.54, 1.807) is 0 Å². The van der Waals surface area contributed by atoms with Crippen molar-refractivity contribution in [1.29, 1.82) is 0 Å². The predicted octanol–water partition coefficient (Wildman–Crippen LogP) is 0.595. The van der Waals surface area contributed by atoms with Crippen LogP contribution in [0.15, 0.2) is 6.20 Å². The second-order valence-electron chi connectivity index (χ2n) is 3.70. The molecule has 0 saturated carbocycles. The molecule has 0 radical (unpaired) electrons. The molecule has 7 nitrogen and oxygen atoms in total. The zero-order chi connectivity index (χ0) is 13.5. The summed E-state index contributed by atoms with van der Waals surface area (Å²) in [7, 11) is 1.24. The summed E-state index contributed by atoms with van der Waals surface area (Å²) in [5, 5.41) is 3.87. The second kappa shape index (κ2) is 6.63. The van der Waals surface area contributed by atoms with Gasteiger partial charge in [0, 0.05) is 6.20 Å². The molecule has 1 heterocycles. The molecule has 0 amide bonds. The standard InChI is InChI=1S/C11H17N3O4/c1-3-4-5-18-9(15)7-14-6-8(12)10(13-14)11(16)17-2/h6H,3-5,7,12H2,1-2H3.